The number of aryl methyl sites for hydroxylation is 1. The van der Waals surface area contributed by atoms with Crippen molar-refractivity contribution in [2.75, 3.05) is 30.9 Å². The van der Waals surface area contributed by atoms with Crippen LogP contribution in [0.25, 0.3) is 0 Å². The predicted molar refractivity (Wildman–Crippen MR) is 126 cm³/mol. The third kappa shape index (κ3) is 5.31. The number of amides is 1. The molecule has 1 saturated carbocycles. The number of benzene rings is 1. The molecule has 32 heavy (non-hydrogen) atoms. The molecule has 1 aromatic carbocycles. The highest BCUT2D eigenvalue weighted by Gasteiger charge is 2.24. The first-order chi connectivity index (χ1) is 15.4. The van der Waals surface area contributed by atoms with Crippen LogP contribution in [0.3, 0.4) is 0 Å². The fourth-order valence-electron chi connectivity index (χ4n) is 4.71. The number of nitrogens with one attached hydrogen (secondary N) is 2. The van der Waals surface area contributed by atoms with Crippen LogP contribution in [0.2, 0.25) is 5.02 Å². The Bertz CT molecular complexity index is 975. The predicted octanol–water partition coefficient (Wildman–Crippen LogP) is 4.61. The lowest BCUT2D eigenvalue weighted by atomic mass is 9.86. The van der Waals surface area contributed by atoms with Crippen LogP contribution in [0.5, 0.6) is 0 Å². The van der Waals surface area contributed by atoms with Crippen LogP contribution in [0.1, 0.15) is 60.1 Å². The van der Waals surface area contributed by atoms with Gasteiger partial charge in [0.15, 0.2) is 0 Å². The molecule has 0 bridgehead atoms. The van der Waals surface area contributed by atoms with Gasteiger partial charge in [0.1, 0.15) is 11.6 Å². The van der Waals surface area contributed by atoms with Gasteiger partial charge >= 0.3 is 0 Å². The second kappa shape index (κ2) is 10.0. The van der Waals surface area contributed by atoms with Crippen molar-refractivity contribution in [1.29, 1.82) is 0 Å². The van der Waals surface area contributed by atoms with E-state index in [9.17, 15) is 9.18 Å². The molecule has 2 aliphatic carbocycles. The zero-order valence-electron chi connectivity index (χ0n) is 18.8. The topological polar surface area (TPSA) is 70.2 Å². The SMILES string of the molecule is CN(C)c1nc(N[C@H]2CC[C@@H](CNC(=O)c3cc(F)ccc3Cl)CC2)nc2c1CCCC2. The Balaban J connectivity index is 1.30. The molecular formula is C24H31ClFN5O. The summed E-state index contributed by atoms with van der Waals surface area (Å²) in [5.74, 6) is 1.36. The maximum Gasteiger partial charge on any atom is 0.252 e. The number of fused-ring (bicyclic) bond motifs is 1. The normalized spacial score (nSPS) is 20.4. The van der Waals surface area contributed by atoms with Crippen molar-refractivity contribution < 1.29 is 9.18 Å². The first-order valence-corrected chi connectivity index (χ1v) is 11.9. The van der Waals surface area contributed by atoms with Crippen molar-refractivity contribution in [2.24, 2.45) is 5.92 Å². The smallest absolute Gasteiger partial charge is 0.252 e. The highest BCUT2D eigenvalue weighted by Crippen LogP contribution is 2.30. The first kappa shape index (κ1) is 22.8. The number of hydrogen-bond acceptors (Lipinski definition) is 5. The summed E-state index contributed by atoms with van der Waals surface area (Å²) in [6.07, 6.45) is 8.47. The summed E-state index contributed by atoms with van der Waals surface area (Å²) in [6, 6.07) is 4.17. The van der Waals surface area contributed by atoms with Crippen LogP contribution in [0, 0.1) is 11.7 Å². The van der Waals surface area contributed by atoms with Crippen molar-refractivity contribution in [3.05, 3.63) is 45.9 Å². The summed E-state index contributed by atoms with van der Waals surface area (Å²) < 4.78 is 13.4. The minimum atomic E-state index is -0.465. The highest BCUT2D eigenvalue weighted by molar-refractivity contribution is 6.33. The molecule has 0 unspecified atom stereocenters. The number of aromatic nitrogens is 2. The van der Waals surface area contributed by atoms with Gasteiger partial charge in [0.2, 0.25) is 5.95 Å². The van der Waals surface area contributed by atoms with E-state index in [0.29, 0.717) is 18.5 Å². The third-order valence-electron chi connectivity index (χ3n) is 6.49. The molecule has 8 heteroatoms. The molecular weight excluding hydrogens is 429 g/mol. The van der Waals surface area contributed by atoms with Gasteiger partial charge in [-0.05, 0) is 75.5 Å². The van der Waals surface area contributed by atoms with Gasteiger partial charge < -0.3 is 15.5 Å². The van der Waals surface area contributed by atoms with Crippen molar-refractivity contribution in [1.82, 2.24) is 15.3 Å². The van der Waals surface area contributed by atoms with E-state index in [1.54, 1.807) is 0 Å². The Labute approximate surface area is 194 Å². The molecule has 0 atom stereocenters. The molecule has 2 aromatic rings. The van der Waals surface area contributed by atoms with Crippen molar-refractivity contribution in [3.8, 4) is 0 Å². The summed E-state index contributed by atoms with van der Waals surface area (Å²) in [4.78, 5) is 24.1. The van der Waals surface area contributed by atoms with Crippen molar-refractivity contribution in [3.63, 3.8) is 0 Å². The standard InChI is InChI=1S/C24H31ClFN5O/c1-31(2)22-18-5-3-4-6-21(18)29-24(30-22)28-17-10-7-15(8-11-17)14-27-23(32)19-13-16(26)9-12-20(19)25/h9,12-13,15,17H,3-8,10-11,14H2,1-2H3,(H,27,32)(H,28,29,30)/t15-,17+. The summed E-state index contributed by atoms with van der Waals surface area (Å²) in [5, 5.41) is 6.73. The minimum Gasteiger partial charge on any atom is -0.362 e. The second-order valence-electron chi connectivity index (χ2n) is 9.09. The van der Waals surface area contributed by atoms with E-state index in [2.05, 4.69) is 15.5 Å². The third-order valence-corrected chi connectivity index (χ3v) is 6.82. The van der Waals surface area contributed by atoms with Crippen LogP contribution in [-0.2, 0) is 12.8 Å². The first-order valence-electron chi connectivity index (χ1n) is 11.5. The Morgan fingerprint density at radius 2 is 1.91 bits per heavy atom. The Morgan fingerprint density at radius 3 is 2.66 bits per heavy atom. The highest BCUT2D eigenvalue weighted by atomic mass is 35.5. The average Bonchev–Trinajstić information content (AvgIpc) is 2.79. The van der Waals surface area contributed by atoms with Crippen LogP contribution in [0.4, 0.5) is 16.2 Å². The number of hydrogen-bond donors (Lipinski definition) is 2. The van der Waals surface area contributed by atoms with E-state index in [1.165, 1.54) is 42.3 Å². The van der Waals surface area contributed by atoms with E-state index in [0.717, 1.165) is 50.3 Å². The minimum absolute atomic E-state index is 0.184. The molecule has 172 valence electrons. The fraction of sp³-hybridized carbons (Fsp3) is 0.542. The van der Waals surface area contributed by atoms with Crippen molar-refractivity contribution >= 4 is 29.3 Å². The largest absolute Gasteiger partial charge is 0.362 e. The Morgan fingerprint density at radius 1 is 1.16 bits per heavy atom. The molecule has 0 spiro atoms. The van der Waals surface area contributed by atoms with E-state index in [-0.39, 0.29) is 16.5 Å². The molecule has 2 N–H and O–H groups in total. The molecule has 4 rings (SSSR count). The maximum absolute atomic E-state index is 13.4. The quantitative estimate of drug-likeness (QED) is 0.659. The molecule has 1 heterocycles. The van der Waals surface area contributed by atoms with Gasteiger partial charge in [-0.1, -0.05) is 11.6 Å². The van der Waals surface area contributed by atoms with Crippen molar-refractivity contribution in [2.45, 2.75) is 57.4 Å². The van der Waals surface area contributed by atoms with Gasteiger partial charge in [0.25, 0.3) is 5.91 Å². The van der Waals surface area contributed by atoms with Gasteiger partial charge in [0.05, 0.1) is 16.3 Å². The van der Waals surface area contributed by atoms with Gasteiger partial charge in [-0.25, -0.2) is 9.37 Å². The van der Waals surface area contributed by atoms with Crippen LogP contribution >= 0.6 is 11.6 Å². The lowest BCUT2D eigenvalue weighted by Crippen LogP contribution is -2.34. The van der Waals surface area contributed by atoms with Crippen LogP contribution < -0.4 is 15.5 Å². The van der Waals surface area contributed by atoms with Crippen LogP contribution in [0.15, 0.2) is 18.2 Å². The summed E-state index contributed by atoms with van der Waals surface area (Å²) in [5.41, 5.74) is 2.66. The molecule has 0 saturated heterocycles. The Hall–Kier alpha value is -2.41. The molecule has 1 amide bonds. The summed E-state index contributed by atoms with van der Waals surface area (Å²) in [6.45, 7) is 0.568. The van der Waals surface area contributed by atoms with E-state index in [1.807, 2.05) is 14.1 Å². The summed E-state index contributed by atoms with van der Waals surface area (Å²) >= 11 is 6.03. The zero-order valence-corrected chi connectivity index (χ0v) is 19.5. The fourth-order valence-corrected chi connectivity index (χ4v) is 4.91. The number of carbonyl (C=O) groups is 1. The Kier molecular flexibility index (Phi) is 7.13. The molecule has 0 aliphatic heterocycles. The lowest BCUT2D eigenvalue weighted by molar-refractivity contribution is 0.0943. The van der Waals surface area contributed by atoms with Gasteiger partial charge in [0, 0.05) is 32.2 Å². The molecule has 0 radical (unpaired) electrons. The summed E-state index contributed by atoms with van der Waals surface area (Å²) in [7, 11) is 4.08. The van der Waals surface area contributed by atoms with Crippen LogP contribution in [-0.4, -0.2) is 42.6 Å². The molecule has 1 fully saturated rings. The molecule has 1 aromatic heterocycles. The number of carbonyl (C=O) groups excluding carboxylic acids is 1. The molecule has 2 aliphatic rings. The number of nitrogens with zero attached hydrogens (tertiary/aromatic N) is 3. The zero-order chi connectivity index (χ0) is 22.7. The van der Waals surface area contributed by atoms with Gasteiger partial charge in [-0.15, -0.1) is 0 Å². The second-order valence-corrected chi connectivity index (χ2v) is 9.50. The number of rotatable bonds is 6. The monoisotopic (exact) mass is 459 g/mol. The number of halogens is 2. The van der Waals surface area contributed by atoms with Gasteiger partial charge in [-0.2, -0.15) is 4.98 Å². The average molecular weight is 460 g/mol. The molecule has 6 nitrogen and oxygen atoms in total. The van der Waals surface area contributed by atoms with E-state index >= 15 is 0 Å². The van der Waals surface area contributed by atoms with E-state index in [4.69, 9.17) is 21.6 Å². The maximum atomic E-state index is 13.4. The lowest BCUT2D eigenvalue weighted by Gasteiger charge is -2.30. The van der Waals surface area contributed by atoms with E-state index < -0.39 is 5.82 Å². The van der Waals surface area contributed by atoms with Gasteiger partial charge in [-0.3, -0.25) is 4.79 Å². The number of anilines is 2.